The van der Waals surface area contributed by atoms with Crippen LogP contribution in [0.2, 0.25) is 0 Å². The Balaban J connectivity index is 2.73. The van der Waals surface area contributed by atoms with Crippen molar-refractivity contribution in [2.45, 2.75) is 45.7 Å². The highest BCUT2D eigenvalue weighted by atomic mass is 79.9. The third-order valence-electron chi connectivity index (χ3n) is 4.87. The number of nitrogens with zero attached hydrogens (tertiary/aromatic N) is 1. The minimum absolute atomic E-state index is 0.252. The highest BCUT2D eigenvalue weighted by molar-refractivity contribution is 9.11. The van der Waals surface area contributed by atoms with Crippen LogP contribution in [0, 0.1) is 5.41 Å². The van der Waals surface area contributed by atoms with Crippen LogP contribution in [0.1, 0.15) is 34.1 Å². The van der Waals surface area contributed by atoms with Crippen LogP contribution in [0.3, 0.4) is 0 Å². The van der Waals surface area contributed by atoms with Gasteiger partial charge in [-0.05, 0) is 45.4 Å². The smallest absolute Gasteiger partial charge is 0.480 e. The summed E-state index contributed by atoms with van der Waals surface area (Å²) in [6.45, 7) is 7.60. The molecule has 5 nitrogen and oxygen atoms in total. The number of amides is 1. The zero-order valence-electron chi connectivity index (χ0n) is 12.7. The monoisotopic (exact) mass is 358 g/mol. The lowest BCUT2D eigenvalue weighted by atomic mass is 9.73. The van der Waals surface area contributed by atoms with E-state index < -0.39 is 29.1 Å². The first-order chi connectivity index (χ1) is 9.46. The van der Waals surface area contributed by atoms with Crippen molar-refractivity contribution in [3.8, 4) is 0 Å². The number of halogens is 1. The van der Waals surface area contributed by atoms with Gasteiger partial charge in [-0.3, -0.25) is 4.79 Å². The molecule has 21 heavy (non-hydrogen) atoms. The molecule has 3 atom stereocenters. The number of aliphatic carboxylic acids is 1. The number of likely N-dealkylation sites (tertiary alicyclic amines) is 1. The maximum atomic E-state index is 12.1. The molecule has 0 aromatic carbocycles. The Labute approximate surface area is 132 Å². The van der Waals surface area contributed by atoms with Crippen LogP contribution in [0.25, 0.3) is 0 Å². The quantitative estimate of drug-likeness (QED) is 0.704. The van der Waals surface area contributed by atoms with Gasteiger partial charge in [0.2, 0.25) is 0 Å². The van der Waals surface area contributed by atoms with Gasteiger partial charge in [0.05, 0.1) is 6.54 Å². The molecule has 0 spiro atoms. The predicted molar refractivity (Wildman–Crippen MR) is 82.1 cm³/mol. The summed E-state index contributed by atoms with van der Waals surface area (Å²) >= 11 is 3.36. The van der Waals surface area contributed by atoms with Gasteiger partial charge >= 0.3 is 12.1 Å². The largest absolute Gasteiger partial charge is 0.514 e. The van der Waals surface area contributed by atoms with Gasteiger partial charge in [0, 0.05) is 10.9 Å². The minimum Gasteiger partial charge on any atom is -0.480 e. The lowest BCUT2D eigenvalue weighted by Crippen LogP contribution is -2.70. The van der Waals surface area contributed by atoms with E-state index in [2.05, 4.69) is 15.9 Å². The SMILES string of the molecule is CC1(C(=O)O)C=C(Br)C=C2CC[N+](C(=O)O)(C(C)(C)C)C21. The topological polar surface area (TPSA) is 74.6 Å². The van der Waals surface area contributed by atoms with Crippen LogP contribution in [-0.4, -0.2) is 44.9 Å². The molecule has 0 saturated carbocycles. The van der Waals surface area contributed by atoms with Crippen LogP contribution in [0.5, 0.6) is 0 Å². The van der Waals surface area contributed by atoms with Crippen molar-refractivity contribution < 1.29 is 24.3 Å². The normalized spacial score (nSPS) is 35.8. The second-order valence-electron chi connectivity index (χ2n) is 7.03. The number of allylic oxidation sites excluding steroid dienone is 2. The summed E-state index contributed by atoms with van der Waals surface area (Å²) in [6.07, 6.45) is 3.13. The molecular weight excluding hydrogens is 338 g/mol. The van der Waals surface area contributed by atoms with Crippen molar-refractivity contribution in [2.75, 3.05) is 6.54 Å². The molecule has 0 aromatic rings. The molecule has 0 radical (unpaired) electrons. The van der Waals surface area contributed by atoms with Crippen LogP contribution >= 0.6 is 15.9 Å². The number of carboxylic acids is 1. The van der Waals surface area contributed by atoms with E-state index in [1.54, 1.807) is 13.0 Å². The molecule has 1 fully saturated rings. The van der Waals surface area contributed by atoms with Crippen molar-refractivity contribution in [3.63, 3.8) is 0 Å². The van der Waals surface area contributed by atoms with Crippen LogP contribution < -0.4 is 0 Å². The fraction of sp³-hybridized carbons (Fsp3) is 0.600. The first-order valence-electron chi connectivity index (χ1n) is 6.90. The van der Waals surface area contributed by atoms with Crippen molar-refractivity contribution in [1.82, 2.24) is 0 Å². The second-order valence-corrected chi connectivity index (χ2v) is 7.95. The van der Waals surface area contributed by atoms with Gasteiger partial charge in [-0.2, -0.15) is 4.79 Å². The van der Waals surface area contributed by atoms with Crippen LogP contribution in [0.4, 0.5) is 4.79 Å². The summed E-state index contributed by atoms with van der Waals surface area (Å²) in [6, 6.07) is -0.589. The lowest BCUT2D eigenvalue weighted by molar-refractivity contribution is -0.916. The molecular formula is C15H21BrNO4+. The van der Waals surface area contributed by atoms with Gasteiger partial charge in [-0.25, -0.2) is 4.48 Å². The molecule has 1 amide bonds. The number of hydrogen-bond acceptors (Lipinski definition) is 2. The number of carbonyl (C=O) groups is 2. The molecule has 2 N–H and O–H groups in total. The number of carboxylic acid groups (broad SMARTS) is 2. The molecule has 1 saturated heterocycles. The van der Waals surface area contributed by atoms with Crippen molar-refractivity contribution >= 4 is 28.0 Å². The first-order valence-corrected chi connectivity index (χ1v) is 7.69. The maximum Gasteiger partial charge on any atom is 0.514 e. The first kappa shape index (κ1) is 16.2. The zero-order valence-corrected chi connectivity index (χ0v) is 14.3. The molecule has 0 aromatic heterocycles. The van der Waals surface area contributed by atoms with Gasteiger partial charge in [0.25, 0.3) is 0 Å². The van der Waals surface area contributed by atoms with E-state index in [-0.39, 0.29) is 4.48 Å². The Bertz CT molecular complexity index is 575. The van der Waals surface area contributed by atoms with E-state index >= 15 is 0 Å². The number of quaternary nitrogens is 1. The van der Waals surface area contributed by atoms with Gasteiger partial charge in [-0.15, -0.1) is 0 Å². The number of hydrogen-bond donors (Lipinski definition) is 2. The van der Waals surface area contributed by atoms with E-state index in [4.69, 9.17) is 0 Å². The summed E-state index contributed by atoms with van der Waals surface area (Å²) in [4.78, 5) is 24.0. The summed E-state index contributed by atoms with van der Waals surface area (Å²) in [7, 11) is 0. The number of rotatable bonds is 1. The van der Waals surface area contributed by atoms with Crippen LogP contribution in [-0.2, 0) is 4.79 Å². The third kappa shape index (κ3) is 2.07. The Morgan fingerprint density at radius 3 is 2.38 bits per heavy atom. The standard InChI is InChI=1S/C15H20BrNO4/c1-14(2,3)17(13(20)21)6-5-9-7-10(16)8-15(4,11(9)17)12(18)19/h7-8,11H,5-6H2,1-4H3,(H-,18,19,20,21)/p+1. The fourth-order valence-corrected chi connectivity index (χ4v) is 4.60. The highest BCUT2D eigenvalue weighted by Gasteiger charge is 2.66. The van der Waals surface area contributed by atoms with E-state index in [9.17, 15) is 19.8 Å². The molecule has 2 aliphatic rings. The Hall–Kier alpha value is -1.14. The van der Waals surface area contributed by atoms with Crippen LogP contribution in [0.15, 0.2) is 22.2 Å². The Kier molecular flexibility index (Phi) is 3.62. The summed E-state index contributed by atoms with van der Waals surface area (Å²) in [5, 5.41) is 19.7. The van der Waals surface area contributed by atoms with Crippen molar-refractivity contribution in [2.24, 2.45) is 5.41 Å². The minimum atomic E-state index is -1.24. The predicted octanol–water partition coefficient (Wildman–Crippen LogP) is 3.36. The number of fused-ring (bicyclic) bond motifs is 1. The fourth-order valence-electron chi connectivity index (χ4n) is 3.83. The molecule has 2 rings (SSSR count). The second kappa shape index (κ2) is 4.68. The van der Waals surface area contributed by atoms with Gasteiger partial charge in [0.1, 0.15) is 17.0 Å². The van der Waals surface area contributed by atoms with Crippen molar-refractivity contribution in [1.29, 1.82) is 0 Å². The van der Waals surface area contributed by atoms with E-state index in [0.717, 1.165) is 5.57 Å². The van der Waals surface area contributed by atoms with Gasteiger partial charge in [-0.1, -0.05) is 15.9 Å². The summed E-state index contributed by atoms with van der Waals surface area (Å²) in [5.74, 6) is -0.995. The zero-order chi connectivity index (χ0) is 16.2. The highest BCUT2D eigenvalue weighted by Crippen LogP contribution is 2.51. The molecule has 1 heterocycles. The van der Waals surface area contributed by atoms with E-state index in [1.165, 1.54) is 0 Å². The average Bonchev–Trinajstić information content (AvgIpc) is 2.68. The van der Waals surface area contributed by atoms with E-state index in [0.29, 0.717) is 17.4 Å². The lowest BCUT2D eigenvalue weighted by Gasteiger charge is -2.49. The van der Waals surface area contributed by atoms with Crippen molar-refractivity contribution in [3.05, 3.63) is 22.2 Å². The summed E-state index contributed by atoms with van der Waals surface area (Å²) in [5.41, 5.74) is -0.947. The van der Waals surface area contributed by atoms with E-state index in [1.807, 2.05) is 26.8 Å². The van der Waals surface area contributed by atoms with Gasteiger partial charge < -0.3 is 10.2 Å². The Morgan fingerprint density at radius 1 is 1.38 bits per heavy atom. The third-order valence-corrected chi connectivity index (χ3v) is 5.33. The molecule has 0 bridgehead atoms. The molecule has 1 aliphatic heterocycles. The van der Waals surface area contributed by atoms with Gasteiger partial charge in [0.15, 0.2) is 0 Å². The molecule has 3 unspecified atom stereocenters. The average molecular weight is 359 g/mol. The summed E-state index contributed by atoms with van der Waals surface area (Å²) < 4.78 is 0.455. The molecule has 6 heteroatoms. The molecule has 1 aliphatic carbocycles. The Morgan fingerprint density at radius 2 is 1.95 bits per heavy atom. The maximum absolute atomic E-state index is 12.1. The molecule has 116 valence electrons.